The Hall–Kier alpha value is -0.740. The molecule has 0 aliphatic heterocycles. The van der Waals surface area contributed by atoms with Crippen LogP contribution in [0.2, 0.25) is 5.02 Å². The molecule has 0 aromatic heterocycles. The molecule has 0 bridgehead atoms. The number of nitro groups is 1. The predicted molar refractivity (Wildman–Crippen MR) is 45.4 cm³/mol. The van der Waals surface area contributed by atoms with E-state index in [4.69, 9.17) is 11.6 Å². The zero-order chi connectivity index (χ0) is 8.43. The number of rotatable bonds is 1. The van der Waals surface area contributed by atoms with Crippen LogP contribution in [0.3, 0.4) is 0 Å². The van der Waals surface area contributed by atoms with Crippen molar-refractivity contribution in [3.05, 3.63) is 33.3 Å². The van der Waals surface area contributed by atoms with Crippen LogP contribution in [0.25, 0.3) is 0 Å². The molecule has 0 saturated carbocycles. The maximum absolute atomic E-state index is 10.3. The highest BCUT2D eigenvalue weighted by Crippen LogP contribution is 2.29. The summed E-state index contributed by atoms with van der Waals surface area (Å²) >= 11 is 9.50. The maximum Gasteiger partial charge on any atom is 0.289 e. The van der Waals surface area contributed by atoms with Crippen molar-refractivity contribution in [2.24, 2.45) is 0 Å². The summed E-state index contributed by atoms with van der Waals surface area (Å²) in [5.74, 6) is 0. The van der Waals surface area contributed by atoms with Crippen LogP contribution in [0.15, 0.2) is 23.1 Å². The van der Waals surface area contributed by atoms with Crippen LogP contribution in [0, 0.1) is 10.1 Å². The molecule has 0 aliphatic carbocycles. The first-order valence-electron chi connectivity index (χ1n) is 2.75. The second-order valence-corrected chi connectivity index (χ2v) is 2.73. The summed E-state index contributed by atoms with van der Waals surface area (Å²) in [6.45, 7) is 0. The lowest BCUT2D eigenvalue weighted by Gasteiger charge is -1.95. The van der Waals surface area contributed by atoms with E-state index >= 15 is 0 Å². The Balaban J connectivity index is 3.27. The standard InChI is InChI=1S/C6H4ClNO2S/c7-6-4(8(9)10)2-1-3-5(6)11/h1-3,11H. The van der Waals surface area contributed by atoms with E-state index in [1.807, 2.05) is 0 Å². The second kappa shape index (κ2) is 3.11. The van der Waals surface area contributed by atoms with Gasteiger partial charge in [0.25, 0.3) is 5.69 Å². The van der Waals surface area contributed by atoms with Gasteiger partial charge in [-0.3, -0.25) is 10.1 Å². The Morgan fingerprint density at radius 3 is 2.64 bits per heavy atom. The fourth-order valence-electron chi connectivity index (χ4n) is 0.649. The van der Waals surface area contributed by atoms with E-state index in [1.165, 1.54) is 12.1 Å². The Morgan fingerprint density at radius 2 is 2.18 bits per heavy atom. The van der Waals surface area contributed by atoms with Gasteiger partial charge < -0.3 is 0 Å². The summed E-state index contributed by atoms with van der Waals surface area (Å²) in [7, 11) is 0. The number of hydrogen-bond donors (Lipinski definition) is 1. The van der Waals surface area contributed by atoms with Gasteiger partial charge >= 0.3 is 0 Å². The Labute approximate surface area is 73.5 Å². The molecule has 58 valence electrons. The average molecular weight is 190 g/mol. The number of thiol groups is 1. The third kappa shape index (κ3) is 1.64. The van der Waals surface area contributed by atoms with Gasteiger partial charge in [-0.1, -0.05) is 17.7 Å². The van der Waals surface area contributed by atoms with E-state index in [1.54, 1.807) is 6.07 Å². The van der Waals surface area contributed by atoms with Gasteiger partial charge in [-0.05, 0) is 6.07 Å². The molecule has 0 radical (unpaired) electrons. The fourth-order valence-corrected chi connectivity index (χ4v) is 1.04. The van der Waals surface area contributed by atoms with Gasteiger partial charge in [0.05, 0.1) is 4.92 Å². The van der Waals surface area contributed by atoms with E-state index in [2.05, 4.69) is 12.6 Å². The molecule has 5 heteroatoms. The minimum absolute atomic E-state index is 0.0841. The van der Waals surface area contributed by atoms with Crippen molar-refractivity contribution < 1.29 is 4.92 Å². The van der Waals surface area contributed by atoms with E-state index in [0.717, 1.165) is 0 Å². The number of nitrogens with zero attached hydrogens (tertiary/aromatic N) is 1. The zero-order valence-corrected chi connectivity index (χ0v) is 6.97. The number of nitro benzene ring substituents is 1. The lowest BCUT2D eigenvalue weighted by atomic mass is 10.3. The van der Waals surface area contributed by atoms with Crippen LogP contribution >= 0.6 is 24.2 Å². The molecule has 0 N–H and O–H groups in total. The van der Waals surface area contributed by atoms with Gasteiger partial charge in [-0.2, -0.15) is 0 Å². The molecular weight excluding hydrogens is 186 g/mol. The molecule has 1 aromatic rings. The van der Waals surface area contributed by atoms with Crippen LogP contribution < -0.4 is 0 Å². The number of benzene rings is 1. The molecular formula is C6H4ClNO2S. The second-order valence-electron chi connectivity index (χ2n) is 1.87. The highest BCUT2D eigenvalue weighted by molar-refractivity contribution is 7.80. The molecule has 1 rings (SSSR count). The van der Waals surface area contributed by atoms with E-state index in [0.29, 0.717) is 4.90 Å². The first-order valence-corrected chi connectivity index (χ1v) is 3.57. The van der Waals surface area contributed by atoms with Gasteiger partial charge in [-0.15, -0.1) is 12.6 Å². The molecule has 0 aliphatic rings. The minimum atomic E-state index is -0.540. The Kier molecular flexibility index (Phi) is 2.36. The van der Waals surface area contributed by atoms with Crippen molar-refractivity contribution in [1.82, 2.24) is 0 Å². The van der Waals surface area contributed by atoms with Crippen molar-refractivity contribution in [3.8, 4) is 0 Å². The first-order chi connectivity index (χ1) is 5.13. The van der Waals surface area contributed by atoms with Crippen molar-refractivity contribution in [2.75, 3.05) is 0 Å². The molecule has 1 aromatic carbocycles. The van der Waals surface area contributed by atoms with Crippen LogP contribution in [0.5, 0.6) is 0 Å². The van der Waals surface area contributed by atoms with E-state index in [-0.39, 0.29) is 10.7 Å². The summed E-state index contributed by atoms with van der Waals surface area (Å²) in [4.78, 5) is 10.1. The number of hydrogen-bond acceptors (Lipinski definition) is 3. The Bertz CT molecular complexity index is 303. The summed E-state index contributed by atoms with van der Waals surface area (Å²) in [5.41, 5.74) is -0.112. The average Bonchev–Trinajstić information content (AvgIpc) is 1.94. The largest absolute Gasteiger partial charge is 0.289 e. The molecule has 0 unspecified atom stereocenters. The highest BCUT2D eigenvalue weighted by Gasteiger charge is 2.12. The lowest BCUT2D eigenvalue weighted by Crippen LogP contribution is -1.88. The van der Waals surface area contributed by atoms with Crippen molar-refractivity contribution >= 4 is 29.9 Å². The van der Waals surface area contributed by atoms with Gasteiger partial charge in [0.2, 0.25) is 0 Å². The van der Waals surface area contributed by atoms with E-state index < -0.39 is 4.92 Å². The first kappa shape index (κ1) is 8.36. The maximum atomic E-state index is 10.3. The molecule has 0 heterocycles. The molecule has 11 heavy (non-hydrogen) atoms. The third-order valence-corrected chi connectivity index (χ3v) is 2.06. The van der Waals surface area contributed by atoms with Gasteiger partial charge in [0.1, 0.15) is 5.02 Å². The zero-order valence-electron chi connectivity index (χ0n) is 5.32. The predicted octanol–water partition coefficient (Wildman–Crippen LogP) is 2.54. The van der Waals surface area contributed by atoms with Crippen molar-refractivity contribution in [3.63, 3.8) is 0 Å². The molecule has 3 nitrogen and oxygen atoms in total. The van der Waals surface area contributed by atoms with Crippen LogP contribution in [-0.2, 0) is 0 Å². The fraction of sp³-hybridized carbons (Fsp3) is 0. The van der Waals surface area contributed by atoms with Crippen LogP contribution in [-0.4, -0.2) is 4.92 Å². The summed E-state index contributed by atoms with van der Waals surface area (Å²) in [6, 6.07) is 4.47. The third-order valence-electron chi connectivity index (χ3n) is 1.15. The smallest absolute Gasteiger partial charge is 0.258 e. The van der Waals surface area contributed by atoms with Gasteiger partial charge in [-0.25, -0.2) is 0 Å². The number of halogens is 1. The monoisotopic (exact) mass is 189 g/mol. The molecule has 0 fully saturated rings. The quantitative estimate of drug-likeness (QED) is 0.419. The summed E-state index contributed by atoms with van der Waals surface area (Å²) in [5, 5.41) is 10.3. The lowest BCUT2D eigenvalue weighted by molar-refractivity contribution is -0.384. The normalized spacial score (nSPS) is 9.64. The molecule has 0 saturated heterocycles. The molecule has 0 atom stereocenters. The minimum Gasteiger partial charge on any atom is -0.258 e. The molecule has 0 spiro atoms. The van der Waals surface area contributed by atoms with Gasteiger partial charge in [0, 0.05) is 11.0 Å². The summed E-state index contributed by atoms with van der Waals surface area (Å²) in [6.07, 6.45) is 0. The van der Waals surface area contributed by atoms with Crippen LogP contribution in [0.4, 0.5) is 5.69 Å². The molecule has 0 amide bonds. The van der Waals surface area contributed by atoms with Crippen LogP contribution in [0.1, 0.15) is 0 Å². The topological polar surface area (TPSA) is 43.1 Å². The van der Waals surface area contributed by atoms with Gasteiger partial charge in [0.15, 0.2) is 0 Å². The Morgan fingerprint density at radius 1 is 1.55 bits per heavy atom. The van der Waals surface area contributed by atoms with Crippen molar-refractivity contribution in [2.45, 2.75) is 4.90 Å². The van der Waals surface area contributed by atoms with Crippen molar-refractivity contribution in [1.29, 1.82) is 0 Å². The van der Waals surface area contributed by atoms with E-state index in [9.17, 15) is 10.1 Å². The summed E-state index contributed by atoms with van der Waals surface area (Å²) < 4.78 is 0. The SMILES string of the molecule is O=[N+]([O-])c1cccc(S)c1Cl. The highest BCUT2D eigenvalue weighted by atomic mass is 35.5.